The van der Waals surface area contributed by atoms with E-state index >= 15 is 0 Å². The Bertz CT molecular complexity index is 1200. The molecule has 0 saturated heterocycles. The summed E-state index contributed by atoms with van der Waals surface area (Å²) in [5.74, 6) is 0.956. The molecule has 2 heterocycles. The summed E-state index contributed by atoms with van der Waals surface area (Å²) in [6.07, 6.45) is 5.27. The van der Waals surface area contributed by atoms with E-state index in [0.29, 0.717) is 28.1 Å². The molecule has 124 valence electrons. The Balaban J connectivity index is 1.87. The highest BCUT2D eigenvalue weighted by Crippen LogP contribution is 2.14. The van der Waals surface area contributed by atoms with Gasteiger partial charge in [0.15, 0.2) is 5.82 Å². The van der Waals surface area contributed by atoms with Crippen molar-refractivity contribution >= 4 is 23.1 Å². The molecule has 0 aliphatic heterocycles. The lowest BCUT2D eigenvalue weighted by atomic mass is 10.1. The number of fused-ring (bicyclic) bond motifs is 1. The minimum atomic E-state index is -0.179. The summed E-state index contributed by atoms with van der Waals surface area (Å²) in [6, 6.07) is 18.2. The summed E-state index contributed by atoms with van der Waals surface area (Å²) in [6.45, 7) is 0. The number of hydrogen-bond acceptors (Lipinski definition) is 4. The third-order valence-electron chi connectivity index (χ3n) is 3.98. The Morgan fingerprint density at radius 3 is 2.58 bits per heavy atom. The van der Waals surface area contributed by atoms with E-state index in [1.165, 1.54) is 4.57 Å². The lowest BCUT2D eigenvalue weighted by Gasteiger charge is -2.08. The van der Waals surface area contributed by atoms with Crippen molar-refractivity contribution in [3.8, 4) is 11.9 Å². The molecule has 0 aliphatic carbocycles. The van der Waals surface area contributed by atoms with Gasteiger partial charge in [0.05, 0.1) is 22.5 Å². The van der Waals surface area contributed by atoms with Crippen LogP contribution in [0.5, 0.6) is 0 Å². The monoisotopic (exact) mass is 339 g/mol. The predicted octanol–water partition coefficient (Wildman–Crippen LogP) is 3.15. The van der Waals surface area contributed by atoms with E-state index in [0.717, 1.165) is 5.56 Å². The Hall–Kier alpha value is -3.98. The molecule has 0 aliphatic rings. The van der Waals surface area contributed by atoms with Gasteiger partial charge in [-0.05, 0) is 35.9 Å². The van der Waals surface area contributed by atoms with Crippen LogP contribution in [0.25, 0.3) is 28.9 Å². The van der Waals surface area contributed by atoms with Crippen molar-refractivity contribution in [2.45, 2.75) is 0 Å². The van der Waals surface area contributed by atoms with Gasteiger partial charge < -0.3 is 0 Å². The van der Waals surface area contributed by atoms with Crippen LogP contribution < -0.4 is 5.56 Å². The largest absolute Gasteiger partial charge is 0.284 e. The van der Waals surface area contributed by atoms with Crippen LogP contribution in [0, 0.1) is 11.3 Å². The molecule has 0 amide bonds. The zero-order valence-electron chi connectivity index (χ0n) is 13.6. The number of nitriles is 1. The van der Waals surface area contributed by atoms with Crippen LogP contribution >= 0.6 is 0 Å². The first-order valence-electron chi connectivity index (χ1n) is 7.96. The molecule has 0 spiro atoms. The van der Waals surface area contributed by atoms with Crippen molar-refractivity contribution < 1.29 is 0 Å². The molecule has 4 aromatic rings. The molecule has 4 rings (SSSR count). The first-order chi connectivity index (χ1) is 12.8. The summed E-state index contributed by atoms with van der Waals surface area (Å²) in [5, 5.41) is 16.3. The minimum absolute atomic E-state index is 0.179. The molecule has 0 unspecified atom stereocenters. The fraction of sp³-hybridized carbons (Fsp3) is 0. The van der Waals surface area contributed by atoms with Crippen molar-refractivity contribution in [1.29, 1.82) is 5.26 Å². The quantitative estimate of drug-likeness (QED) is 0.621. The SMILES string of the molecule is N#Cc1ccc(/C=C/c2nc3ccccc3c(=O)n2-c2cc[nH]n2)cc1. The van der Waals surface area contributed by atoms with E-state index in [9.17, 15) is 4.79 Å². The van der Waals surface area contributed by atoms with Gasteiger partial charge in [0, 0.05) is 12.3 Å². The molecule has 0 radical (unpaired) electrons. The van der Waals surface area contributed by atoms with Gasteiger partial charge in [-0.1, -0.05) is 30.3 Å². The Morgan fingerprint density at radius 1 is 1.04 bits per heavy atom. The molecule has 0 atom stereocenters. The molecule has 1 N–H and O–H groups in total. The molecular weight excluding hydrogens is 326 g/mol. The lowest BCUT2D eigenvalue weighted by molar-refractivity contribution is 0.888. The topological polar surface area (TPSA) is 87.4 Å². The molecule has 6 heteroatoms. The normalized spacial score (nSPS) is 11.0. The van der Waals surface area contributed by atoms with Crippen molar-refractivity contribution in [3.63, 3.8) is 0 Å². The second-order valence-corrected chi connectivity index (χ2v) is 5.63. The summed E-state index contributed by atoms with van der Waals surface area (Å²) < 4.78 is 1.47. The van der Waals surface area contributed by atoms with E-state index in [4.69, 9.17) is 5.26 Å². The Kier molecular flexibility index (Phi) is 3.88. The Morgan fingerprint density at radius 2 is 1.85 bits per heavy atom. The van der Waals surface area contributed by atoms with Crippen LogP contribution in [-0.4, -0.2) is 19.7 Å². The molecule has 6 nitrogen and oxygen atoms in total. The maximum absolute atomic E-state index is 12.9. The number of nitrogens with zero attached hydrogens (tertiary/aromatic N) is 4. The summed E-state index contributed by atoms with van der Waals surface area (Å²) in [5.41, 5.74) is 1.95. The van der Waals surface area contributed by atoms with Gasteiger partial charge >= 0.3 is 0 Å². The molecular formula is C20H13N5O. The van der Waals surface area contributed by atoms with Gasteiger partial charge in [-0.2, -0.15) is 10.4 Å². The van der Waals surface area contributed by atoms with Crippen molar-refractivity contribution in [2.24, 2.45) is 0 Å². The Labute approximate surface area is 148 Å². The maximum atomic E-state index is 12.9. The van der Waals surface area contributed by atoms with Crippen LogP contribution in [0.4, 0.5) is 0 Å². The van der Waals surface area contributed by atoms with Crippen molar-refractivity contribution in [2.75, 3.05) is 0 Å². The highest BCUT2D eigenvalue weighted by Gasteiger charge is 2.12. The summed E-state index contributed by atoms with van der Waals surface area (Å²) in [7, 11) is 0. The van der Waals surface area contributed by atoms with Gasteiger partial charge in [0.25, 0.3) is 5.56 Å². The maximum Gasteiger partial charge on any atom is 0.267 e. The van der Waals surface area contributed by atoms with Gasteiger partial charge in [0.1, 0.15) is 5.82 Å². The first-order valence-corrected chi connectivity index (χ1v) is 7.96. The van der Waals surface area contributed by atoms with Crippen molar-refractivity contribution in [1.82, 2.24) is 19.7 Å². The number of H-pyrrole nitrogens is 1. The van der Waals surface area contributed by atoms with Crippen LogP contribution in [0.1, 0.15) is 17.0 Å². The van der Waals surface area contributed by atoms with Gasteiger partial charge in [-0.15, -0.1) is 0 Å². The fourth-order valence-electron chi connectivity index (χ4n) is 2.70. The number of para-hydroxylation sites is 1. The number of nitrogens with one attached hydrogen (secondary N) is 1. The molecule has 2 aromatic heterocycles. The predicted molar refractivity (Wildman–Crippen MR) is 99.6 cm³/mol. The zero-order chi connectivity index (χ0) is 17.9. The third kappa shape index (κ3) is 2.78. The number of aromatic nitrogens is 4. The highest BCUT2D eigenvalue weighted by atomic mass is 16.1. The third-order valence-corrected chi connectivity index (χ3v) is 3.98. The van der Waals surface area contributed by atoms with E-state index in [1.54, 1.807) is 36.5 Å². The minimum Gasteiger partial charge on any atom is -0.284 e. The average molecular weight is 339 g/mol. The van der Waals surface area contributed by atoms with E-state index in [2.05, 4.69) is 21.3 Å². The van der Waals surface area contributed by atoms with Crippen LogP contribution in [0.15, 0.2) is 65.6 Å². The fourth-order valence-corrected chi connectivity index (χ4v) is 2.70. The highest BCUT2D eigenvalue weighted by molar-refractivity contribution is 5.80. The smallest absolute Gasteiger partial charge is 0.267 e. The summed E-state index contributed by atoms with van der Waals surface area (Å²) >= 11 is 0. The first kappa shape index (κ1) is 15.5. The molecule has 2 aromatic carbocycles. The number of rotatable bonds is 3. The van der Waals surface area contributed by atoms with Crippen molar-refractivity contribution in [3.05, 3.63) is 88.1 Å². The van der Waals surface area contributed by atoms with E-state index in [-0.39, 0.29) is 5.56 Å². The molecule has 0 fully saturated rings. The summed E-state index contributed by atoms with van der Waals surface area (Å²) in [4.78, 5) is 17.6. The number of benzene rings is 2. The molecule has 0 bridgehead atoms. The van der Waals surface area contributed by atoms with Crippen LogP contribution in [-0.2, 0) is 0 Å². The second kappa shape index (κ2) is 6.49. The standard InChI is InChI=1S/C20H13N5O/c21-13-15-7-5-14(6-8-15)9-10-18-23-17-4-2-1-3-16(17)20(26)25(18)19-11-12-22-24-19/h1-12H,(H,22,24)/b10-9+. The lowest BCUT2D eigenvalue weighted by Crippen LogP contribution is -2.22. The number of aromatic amines is 1. The molecule has 26 heavy (non-hydrogen) atoms. The van der Waals surface area contributed by atoms with Gasteiger partial charge in [-0.25, -0.2) is 9.55 Å². The zero-order valence-corrected chi connectivity index (χ0v) is 13.6. The molecule has 0 saturated carbocycles. The number of hydrogen-bond donors (Lipinski definition) is 1. The van der Waals surface area contributed by atoms with Crippen LogP contribution in [0.2, 0.25) is 0 Å². The van der Waals surface area contributed by atoms with Crippen LogP contribution in [0.3, 0.4) is 0 Å². The second-order valence-electron chi connectivity index (χ2n) is 5.63. The average Bonchev–Trinajstić information content (AvgIpc) is 3.21. The van der Waals surface area contributed by atoms with E-state index < -0.39 is 0 Å². The van der Waals surface area contributed by atoms with Gasteiger partial charge in [-0.3, -0.25) is 9.89 Å². The van der Waals surface area contributed by atoms with E-state index in [1.807, 2.05) is 36.4 Å². The van der Waals surface area contributed by atoms with Gasteiger partial charge in [0.2, 0.25) is 0 Å².